The van der Waals surface area contributed by atoms with Gasteiger partial charge in [0.2, 0.25) is 0 Å². The number of aliphatic imine (C=N–C) groups is 1. The van der Waals surface area contributed by atoms with Gasteiger partial charge >= 0.3 is 0 Å². The molecule has 2 aliphatic heterocycles. The molecule has 5 nitrogen and oxygen atoms in total. The van der Waals surface area contributed by atoms with Crippen molar-refractivity contribution in [3.05, 3.63) is 23.9 Å². The second-order valence-electron chi connectivity index (χ2n) is 8.50. The molecule has 2 saturated heterocycles. The van der Waals surface area contributed by atoms with E-state index >= 15 is 0 Å². The molecule has 0 radical (unpaired) electrons. The summed E-state index contributed by atoms with van der Waals surface area (Å²) in [5, 5.41) is 3.54. The summed E-state index contributed by atoms with van der Waals surface area (Å²) in [6.45, 7) is 13.3. The van der Waals surface area contributed by atoms with Crippen molar-refractivity contribution >= 4 is 11.8 Å². The normalized spacial score (nSPS) is 22.5. The van der Waals surface area contributed by atoms with E-state index in [2.05, 4.69) is 64.9 Å². The summed E-state index contributed by atoms with van der Waals surface area (Å²) in [5.41, 5.74) is 1.68. The molecule has 1 aromatic rings. The number of aromatic nitrogens is 1. The highest BCUT2D eigenvalue weighted by molar-refractivity contribution is 5.82. The average Bonchev–Trinajstić information content (AvgIpc) is 2.62. The second kappa shape index (κ2) is 6.85. The van der Waals surface area contributed by atoms with E-state index in [4.69, 9.17) is 0 Å². The molecule has 1 N–H and O–H groups in total. The lowest BCUT2D eigenvalue weighted by Gasteiger charge is -2.62. The molecule has 0 aromatic carbocycles. The van der Waals surface area contributed by atoms with Gasteiger partial charge in [0.05, 0.1) is 0 Å². The van der Waals surface area contributed by atoms with E-state index in [9.17, 15) is 0 Å². The van der Waals surface area contributed by atoms with E-state index in [1.54, 1.807) is 0 Å². The van der Waals surface area contributed by atoms with Crippen LogP contribution < -0.4 is 10.2 Å². The van der Waals surface area contributed by atoms with Crippen LogP contribution in [0.1, 0.15) is 52.5 Å². The lowest BCUT2D eigenvalue weighted by Crippen LogP contribution is -2.72. The van der Waals surface area contributed by atoms with Crippen LogP contribution in [-0.4, -0.2) is 48.1 Å². The van der Waals surface area contributed by atoms with Crippen molar-refractivity contribution in [2.75, 3.05) is 31.6 Å². The Morgan fingerprint density at radius 2 is 1.92 bits per heavy atom. The second-order valence-corrected chi connectivity index (χ2v) is 8.50. The zero-order valence-corrected chi connectivity index (χ0v) is 16.5. The Morgan fingerprint density at radius 1 is 1.20 bits per heavy atom. The van der Waals surface area contributed by atoms with Gasteiger partial charge in [0, 0.05) is 50.4 Å². The number of hydrogen-bond donors (Lipinski definition) is 1. The van der Waals surface area contributed by atoms with E-state index in [0.29, 0.717) is 5.41 Å². The van der Waals surface area contributed by atoms with Crippen LogP contribution >= 0.6 is 0 Å². The van der Waals surface area contributed by atoms with Crippen LogP contribution in [0.2, 0.25) is 0 Å². The first-order valence-corrected chi connectivity index (χ1v) is 9.53. The number of nitrogens with one attached hydrogen (secondary N) is 1. The van der Waals surface area contributed by atoms with Gasteiger partial charge < -0.3 is 15.1 Å². The van der Waals surface area contributed by atoms with Crippen molar-refractivity contribution in [2.45, 2.75) is 59.0 Å². The zero-order valence-electron chi connectivity index (χ0n) is 16.5. The van der Waals surface area contributed by atoms with Crippen LogP contribution in [0.5, 0.6) is 0 Å². The lowest BCUT2D eigenvalue weighted by molar-refractivity contribution is -0.0667. The molecule has 0 amide bonds. The zero-order chi connectivity index (χ0) is 18.1. The van der Waals surface area contributed by atoms with Crippen LogP contribution in [-0.2, 0) is 6.54 Å². The molecule has 0 unspecified atom stereocenters. The Hall–Kier alpha value is -1.78. The number of rotatable bonds is 3. The quantitative estimate of drug-likeness (QED) is 0.676. The number of guanidine groups is 1. The summed E-state index contributed by atoms with van der Waals surface area (Å²) in [7, 11) is 1.87. The molecule has 2 fully saturated rings. The molecule has 138 valence electrons. The summed E-state index contributed by atoms with van der Waals surface area (Å²) in [4.78, 5) is 13.9. The summed E-state index contributed by atoms with van der Waals surface area (Å²) < 4.78 is 0. The highest BCUT2D eigenvalue weighted by Gasteiger charge is 2.53. The molecule has 1 aromatic heterocycles. The Labute approximate surface area is 152 Å². The van der Waals surface area contributed by atoms with Crippen molar-refractivity contribution in [2.24, 2.45) is 10.4 Å². The predicted octanol–water partition coefficient (Wildman–Crippen LogP) is 3.27. The Morgan fingerprint density at radius 3 is 2.52 bits per heavy atom. The van der Waals surface area contributed by atoms with Crippen LogP contribution in [0, 0.1) is 5.41 Å². The largest absolute Gasteiger partial charge is 0.357 e. The molecular weight excluding hydrogens is 310 g/mol. The topological polar surface area (TPSA) is 43.8 Å². The fraction of sp³-hybridized carbons (Fsp3) is 0.700. The number of piperidine rings is 1. The molecule has 5 heteroatoms. The number of anilines is 1. The third-order valence-corrected chi connectivity index (χ3v) is 6.29. The Balaban J connectivity index is 1.63. The van der Waals surface area contributed by atoms with Crippen LogP contribution in [0.25, 0.3) is 0 Å². The first kappa shape index (κ1) is 18.0. The van der Waals surface area contributed by atoms with Crippen molar-refractivity contribution < 1.29 is 0 Å². The number of pyridine rings is 1. The molecule has 0 atom stereocenters. The van der Waals surface area contributed by atoms with Gasteiger partial charge in [-0.2, -0.15) is 0 Å². The molecule has 3 rings (SSSR count). The molecular formula is C20H33N5. The fourth-order valence-corrected chi connectivity index (χ4v) is 3.74. The fourth-order valence-electron chi connectivity index (χ4n) is 3.74. The van der Waals surface area contributed by atoms with Gasteiger partial charge in [0.25, 0.3) is 0 Å². The number of likely N-dealkylation sites (tertiary alicyclic amines) is 1. The van der Waals surface area contributed by atoms with E-state index in [0.717, 1.165) is 38.0 Å². The van der Waals surface area contributed by atoms with Crippen LogP contribution in [0.15, 0.2) is 23.3 Å². The highest BCUT2D eigenvalue weighted by Crippen LogP contribution is 2.46. The molecule has 0 saturated carbocycles. The minimum atomic E-state index is 0.117. The van der Waals surface area contributed by atoms with Gasteiger partial charge in [-0.05, 0) is 50.8 Å². The van der Waals surface area contributed by atoms with E-state index < -0.39 is 0 Å². The molecule has 25 heavy (non-hydrogen) atoms. The van der Waals surface area contributed by atoms with Crippen molar-refractivity contribution in [1.82, 2.24) is 15.2 Å². The minimum absolute atomic E-state index is 0.117. The van der Waals surface area contributed by atoms with Gasteiger partial charge in [0.1, 0.15) is 5.82 Å². The third-order valence-electron chi connectivity index (χ3n) is 6.29. The Bertz CT molecular complexity index is 629. The standard InChI is InChI=1S/C20H33N5/c1-19(2)15-25(20(19,3)4)18(21-5)23-14-16-9-10-22-17(13-16)24-11-7-6-8-12-24/h9-10,13H,6-8,11-12,14-15H2,1-5H3,(H,21,23). The number of nitrogens with zero attached hydrogens (tertiary/aromatic N) is 4. The van der Waals surface area contributed by atoms with Gasteiger partial charge in [-0.25, -0.2) is 4.98 Å². The summed E-state index contributed by atoms with van der Waals surface area (Å²) >= 11 is 0. The molecule has 0 bridgehead atoms. The minimum Gasteiger partial charge on any atom is -0.357 e. The van der Waals surface area contributed by atoms with Gasteiger partial charge in [-0.15, -0.1) is 0 Å². The molecule has 0 spiro atoms. The van der Waals surface area contributed by atoms with E-state index in [-0.39, 0.29) is 5.54 Å². The van der Waals surface area contributed by atoms with Crippen LogP contribution in [0.3, 0.4) is 0 Å². The third kappa shape index (κ3) is 3.46. The van der Waals surface area contributed by atoms with E-state index in [1.165, 1.54) is 24.8 Å². The maximum absolute atomic E-state index is 4.57. The van der Waals surface area contributed by atoms with Gasteiger partial charge in [-0.1, -0.05) is 13.8 Å². The monoisotopic (exact) mass is 343 g/mol. The SMILES string of the molecule is CN=C(NCc1ccnc(N2CCCCC2)c1)N1CC(C)(C)C1(C)C. The van der Waals surface area contributed by atoms with Crippen molar-refractivity contribution in [3.8, 4) is 0 Å². The first-order chi connectivity index (χ1) is 11.8. The lowest BCUT2D eigenvalue weighted by atomic mass is 9.65. The Kier molecular flexibility index (Phi) is 4.94. The summed E-state index contributed by atoms with van der Waals surface area (Å²) in [6, 6.07) is 4.32. The maximum atomic E-state index is 4.57. The molecule has 3 heterocycles. The highest BCUT2D eigenvalue weighted by atomic mass is 15.4. The predicted molar refractivity (Wildman–Crippen MR) is 105 cm³/mol. The smallest absolute Gasteiger partial charge is 0.194 e. The molecule has 2 aliphatic rings. The van der Waals surface area contributed by atoms with E-state index in [1.807, 2.05) is 13.2 Å². The summed E-state index contributed by atoms with van der Waals surface area (Å²) in [6.07, 6.45) is 5.82. The average molecular weight is 344 g/mol. The first-order valence-electron chi connectivity index (χ1n) is 9.53. The molecule has 0 aliphatic carbocycles. The maximum Gasteiger partial charge on any atom is 0.194 e. The van der Waals surface area contributed by atoms with Gasteiger partial charge in [0.15, 0.2) is 5.96 Å². The van der Waals surface area contributed by atoms with Crippen molar-refractivity contribution in [1.29, 1.82) is 0 Å². The summed E-state index contributed by atoms with van der Waals surface area (Å²) in [5.74, 6) is 2.10. The van der Waals surface area contributed by atoms with Crippen LogP contribution in [0.4, 0.5) is 5.82 Å². The van der Waals surface area contributed by atoms with Gasteiger partial charge in [-0.3, -0.25) is 4.99 Å². The number of hydrogen-bond acceptors (Lipinski definition) is 3. The van der Waals surface area contributed by atoms with Crippen molar-refractivity contribution in [3.63, 3.8) is 0 Å².